The maximum atomic E-state index is 12.3. The SMILES string of the molecule is C=CCOC(=O)NCCCC[C@@H](N=C(C)C1=C(O)CC(C)(C)CC1=O)C(=O)O. The Hall–Kier alpha value is -2.64. The third-order valence-corrected chi connectivity index (χ3v) is 4.35. The fourth-order valence-corrected chi connectivity index (χ4v) is 3.08. The Balaban J connectivity index is 2.64. The molecule has 0 spiro atoms. The molecule has 8 heteroatoms. The van der Waals surface area contributed by atoms with Crippen molar-refractivity contribution in [2.24, 2.45) is 10.4 Å². The number of hydrogen-bond acceptors (Lipinski definition) is 6. The number of ketones is 1. The molecule has 0 saturated heterocycles. The van der Waals surface area contributed by atoms with Crippen molar-refractivity contribution in [2.45, 2.75) is 58.9 Å². The van der Waals surface area contributed by atoms with E-state index >= 15 is 0 Å². The molecule has 0 heterocycles. The fourth-order valence-electron chi connectivity index (χ4n) is 3.08. The van der Waals surface area contributed by atoms with Crippen molar-refractivity contribution < 1.29 is 29.3 Å². The summed E-state index contributed by atoms with van der Waals surface area (Å²) in [4.78, 5) is 39.3. The molecule has 1 atom stereocenters. The molecule has 156 valence electrons. The van der Waals surface area contributed by atoms with E-state index in [9.17, 15) is 24.6 Å². The van der Waals surface area contributed by atoms with Gasteiger partial charge in [0.15, 0.2) is 5.78 Å². The van der Waals surface area contributed by atoms with Gasteiger partial charge in [-0.3, -0.25) is 9.79 Å². The van der Waals surface area contributed by atoms with E-state index in [0.29, 0.717) is 25.8 Å². The molecule has 0 saturated carbocycles. The van der Waals surface area contributed by atoms with Crippen LogP contribution in [0.25, 0.3) is 0 Å². The standard InChI is InChI=1S/C20H30N2O6/c1-5-10-28-19(27)21-9-7-6-8-14(18(25)26)22-13(2)17-15(23)11-20(3,4)12-16(17)24/h5,14,23H,1,6-12H2,2-4H3,(H,21,27)(H,25,26)/t14-/m1/s1. The summed E-state index contributed by atoms with van der Waals surface area (Å²) in [7, 11) is 0. The van der Waals surface area contributed by atoms with Gasteiger partial charge >= 0.3 is 12.1 Å². The van der Waals surface area contributed by atoms with Crippen LogP contribution in [0.5, 0.6) is 0 Å². The topological polar surface area (TPSA) is 125 Å². The highest BCUT2D eigenvalue weighted by atomic mass is 16.5. The molecule has 1 aliphatic carbocycles. The minimum atomic E-state index is -1.10. The third kappa shape index (κ3) is 7.54. The Morgan fingerprint density at radius 1 is 1.36 bits per heavy atom. The molecule has 0 radical (unpaired) electrons. The first-order valence-electron chi connectivity index (χ1n) is 9.32. The molecule has 1 rings (SSSR count). The van der Waals surface area contributed by atoms with E-state index in [4.69, 9.17) is 4.74 Å². The molecule has 0 aromatic carbocycles. The maximum Gasteiger partial charge on any atom is 0.407 e. The molecule has 3 N–H and O–H groups in total. The molecule has 0 aromatic rings. The largest absolute Gasteiger partial charge is 0.511 e. The minimum absolute atomic E-state index is 0.0334. The van der Waals surface area contributed by atoms with Gasteiger partial charge in [0.2, 0.25) is 0 Å². The van der Waals surface area contributed by atoms with Crippen molar-refractivity contribution in [3.8, 4) is 0 Å². The quantitative estimate of drug-likeness (QED) is 0.297. The molecule has 0 aromatic heterocycles. The molecule has 0 fully saturated rings. The number of carbonyl (C=O) groups excluding carboxylic acids is 2. The van der Waals surface area contributed by atoms with Crippen molar-refractivity contribution in [3.05, 3.63) is 24.0 Å². The minimum Gasteiger partial charge on any atom is -0.511 e. The number of aliphatic carboxylic acids is 1. The van der Waals surface area contributed by atoms with Crippen LogP contribution in [-0.2, 0) is 14.3 Å². The number of carbonyl (C=O) groups is 3. The second-order valence-corrected chi connectivity index (χ2v) is 7.64. The van der Waals surface area contributed by atoms with Gasteiger partial charge in [0.25, 0.3) is 0 Å². The first kappa shape index (κ1) is 23.4. The Morgan fingerprint density at radius 3 is 2.61 bits per heavy atom. The van der Waals surface area contributed by atoms with Crippen molar-refractivity contribution >= 4 is 23.6 Å². The predicted octanol–water partition coefficient (Wildman–Crippen LogP) is 3.18. The number of aliphatic hydroxyl groups excluding tert-OH is 1. The van der Waals surface area contributed by atoms with E-state index in [1.165, 1.54) is 6.08 Å². The molecule has 0 bridgehead atoms. The number of aliphatic imine (C=N–C) groups is 1. The zero-order chi connectivity index (χ0) is 21.3. The number of nitrogens with one attached hydrogen (secondary N) is 1. The highest BCUT2D eigenvalue weighted by molar-refractivity contribution is 6.22. The van der Waals surface area contributed by atoms with E-state index in [2.05, 4.69) is 16.9 Å². The van der Waals surface area contributed by atoms with Crippen LogP contribution in [0.15, 0.2) is 29.0 Å². The van der Waals surface area contributed by atoms with Gasteiger partial charge in [0, 0.05) is 25.1 Å². The van der Waals surface area contributed by atoms with Gasteiger partial charge in [0.1, 0.15) is 18.4 Å². The first-order valence-corrected chi connectivity index (χ1v) is 9.32. The van der Waals surface area contributed by atoms with E-state index in [1.807, 2.05) is 13.8 Å². The molecule has 8 nitrogen and oxygen atoms in total. The van der Waals surface area contributed by atoms with Crippen molar-refractivity contribution in [3.63, 3.8) is 0 Å². The number of carboxylic acid groups (broad SMARTS) is 1. The Bertz CT molecular complexity index is 678. The van der Waals surface area contributed by atoms with Crippen LogP contribution >= 0.6 is 0 Å². The lowest BCUT2D eigenvalue weighted by molar-refractivity contribution is -0.138. The second kappa shape index (κ2) is 10.6. The number of unbranched alkanes of at least 4 members (excludes halogenated alkanes) is 1. The van der Waals surface area contributed by atoms with Crippen LogP contribution in [0.1, 0.15) is 52.9 Å². The van der Waals surface area contributed by atoms with Crippen LogP contribution in [0, 0.1) is 5.41 Å². The summed E-state index contributed by atoms with van der Waals surface area (Å²) in [5.41, 5.74) is 0.0606. The third-order valence-electron chi connectivity index (χ3n) is 4.35. The van der Waals surface area contributed by atoms with E-state index in [0.717, 1.165) is 0 Å². The maximum absolute atomic E-state index is 12.3. The van der Waals surface area contributed by atoms with Gasteiger partial charge < -0.3 is 20.3 Å². The number of nitrogens with zero attached hydrogens (tertiary/aromatic N) is 1. The van der Waals surface area contributed by atoms with Crippen LogP contribution in [0.4, 0.5) is 4.79 Å². The van der Waals surface area contributed by atoms with E-state index in [1.54, 1.807) is 6.92 Å². The second-order valence-electron chi connectivity index (χ2n) is 7.64. The number of amides is 1. The number of alkyl carbamates (subject to hydrolysis) is 1. The summed E-state index contributed by atoms with van der Waals surface area (Å²) < 4.78 is 4.77. The van der Waals surface area contributed by atoms with Crippen molar-refractivity contribution in [1.82, 2.24) is 5.32 Å². The number of aliphatic hydroxyl groups is 1. The van der Waals surface area contributed by atoms with Crippen LogP contribution in [0.3, 0.4) is 0 Å². The molecule has 1 amide bonds. The first-order chi connectivity index (χ1) is 13.1. The van der Waals surface area contributed by atoms with Crippen LogP contribution in [0.2, 0.25) is 0 Å². The molecule has 1 aliphatic rings. The van der Waals surface area contributed by atoms with Gasteiger partial charge in [-0.15, -0.1) is 0 Å². The normalized spacial score (nSPS) is 17.8. The summed E-state index contributed by atoms with van der Waals surface area (Å²) in [5, 5.41) is 22.2. The lowest BCUT2D eigenvalue weighted by Gasteiger charge is -2.29. The molecular weight excluding hydrogens is 364 g/mol. The predicted molar refractivity (Wildman–Crippen MR) is 106 cm³/mol. The Morgan fingerprint density at radius 2 is 2.04 bits per heavy atom. The monoisotopic (exact) mass is 394 g/mol. The van der Waals surface area contributed by atoms with Gasteiger partial charge in [-0.05, 0) is 31.6 Å². The van der Waals surface area contributed by atoms with Gasteiger partial charge in [0.05, 0.1) is 5.57 Å². The Labute approximate surface area is 165 Å². The van der Waals surface area contributed by atoms with Crippen LogP contribution < -0.4 is 5.32 Å². The van der Waals surface area contributed by atoms with Gasteiger partial charge in [-0.25, -0.2) is 9.59 Å². The summed E-state index contributed by atoms with van der Waals surface area (Å²) in [5.74, 6) is -1.35. The number of carboxylic acids is 1. The van der Waals surface area contributed by atoms with Crippen LogP contribution in [-0.4, -0.2) is 53.0 Å². The molecule has 0 unspecified atom stereocenters. The van der Waals surface area contributed by atoms with Crippen molar-refractivity contribution in [2.75, 3.05) is 13.2 Å². The molecule has 0 aliphatic heterocycles. The molecular formula is C20H30N2O6. The Kier molecular flexibility index (Phi) is 8.88. The zero-order valence-corrected chi connectivity index (χ0v) is 16.8. The number of ether oxygens (including phenoxy) is 1. The zero-order valence-electron chi connectivity index (χ0n) is 16.8. The van der Waals surface area contributed by atoms with Crippen molar-refractivity contribution in [1.29, 1.82) is 0 Å². The average molecular weight is 394 g/mol. The highest BCUT2D eigenvalue weighted by Crippen LogP contribution is 2.36. The summed E-state index contributed by atoms with van der Waals surface area (Å²) in [6, 6.07) is -1.02. The van der Waals surface area contributed by atoms with E-state index < -0.39 is 18.1 Å². The lowest BCUT2D eigenvalue weighted by Crippen LogP contribution is -2.29. The number of hydrogen-bond donors (Lipinski definition) is 3. The highest BCUT2D eigenvalue weighted by Gasteiger charge is 2.34. The lowest BCUT2D eigenvalue weighted by atomic mass is 9.75. The molecule has 28 heavy (non-hydrogen) atoms. The number of rotatable bonds is 10. The van der Waals surface area contributed by atoms with Gasteiger partial charge in [-0.2, -0.15) is 0 Å². The van der Waals surface area contributed by atoms with E-state index in [-0.39, 0.29) is 47.7 Å². The summed E-state index contributed by atoms with van der Waals surface area (Å²) in [6.07, 6.45) is 2.87. The number of allylic oxidation sites excluding steroid dienone is 2. The summed E-state index contributed by atoms with van der Waals surface area (Å²) in [6.45, 7) is 9.25. The summed E-state index contributed by atoms with van der Waals surface area (Å²) >= 11 is 0. The fraction of sp³-hybridized carbons (Fsp3) is 0.600. The van der Waals surface area contributed by atoms with Gasteiger partial charge in [-0.1, -0.05) is 26.5 Å². The average Bonchev–Trinajstić information content (AvgIpc) is 2.56. The smallest absolute Gasteiger partial charge is 0.407 e. The number of Topliss-reactive ketones (excluding diaryl/α,β-unsaturated/α-hetero) is 1.